The van der Waals surface area contributed by atoms with Crippen LogP contribution < -0.4 is 10.6 Å². The first kappa shape index (κ1) is 9.41. The largest absolute Gasteiger partial charge is 0.410 e. The van der Waals surface area contributed by atoms with Crippen LogP contribution in [0.5, 0.6) is 0 Å². The van der Waals surface area contributed by atoms with Crippen LogP contribution in [-0.2, 0) is 9.59 Å². The van der Waals surface area contributed by atoms with Crippen LogP contribution in [0, 0.1) is 0 Å². The van der Waals surface area contributed by atoms with Crippen molar-refractivity contribution in [3.63, 3.8) is 0 Å². The van der Waals surface area contributed by atoms with Gasteiger partial charge in [-0.25, -0.2) is 0 Å². The fraction of sp³-hybridized carbons (Fsp3) is 0.400. The van der Waals surface area contributed by atoms with E-state index in [4.69, 9.17) is 5.21 Å². The van der Waals surface area contributed by atoms with Gasteiger partial charge in [0, 0.05) is 14.1 Å². The van der Waals surface area contributed by atoms with Crippen LogP contribution in [0.1, 0.15) is 0 Å². The van der Waals surface area contributed by atoms with Gasteiger partial charge in [-0.3, -0.25) is 9.59 Å². The van der Waals surface area contributed by atoms with Crippen LogP contribution in [0.4, 0.5) is 0 Å². The Morgan fingerprint density at radius 1 is 1.18 bits per heavy atom. The number of oxime groups is 1. The summed E-state index contributed by atoms with van der Waals surface area (Å²) in [5.74, 6) is -1.46. The monoisotopic (exact) mass is 159 g/mol. The van der Waals surface area contributed by atoms with Gasteiger partial charge in [-0.15, -0.1) is 0 Å². The number of rotatable bonds is 2. The average Bonchev–Trinajstić information content (AvgIpc) is 2.05. The first-order valence-electron chi connectivity index (χ1n) is 2.83. The molecule has 0 aromatic carbocycles. The molecule has 11 heavy (non-hydrogen) atoms. The Hall–Kier alpha value is -1.59. The van der Waals surface area contributed by atoms with Crippen LogP contribution in [0.2, 0.25) is 0 Å². The molecule has 6 heteroatoms. The number of hydrogen-bond acceptors (Lipinski definition) is 4. The fourth-order valence-corrected chi connectivity index (χ4v) is 0.431. The highest BCUT2D eigenvalue weighted by atomic mass is 16.4. The highest BCUT2D eigenvalue weighted by Crippen LogP contribution is 1.77. The van der Waals surface area contributed by atoms with Crippen molar-refractivity contribution in [1.29, 1.82) is 0 Å². The molecule has 0 bridgehead atoms. The quantitative estimate of drug-likeness (QED) is 0.194. The third-order valence-corrected chi connectivity index (χ3v) is 0.984. The van der Waals surface area contributed by atoms with Crippen molar-refractivity contribution in [3.05, 3.63) is 0 Å². The van der Waals surface area contributed by atoms with Crippen molar-refractivity contribution in [3.8, 4) is 0 Å². The normalized spacial score (nSPS) is 8.18. The zero-order chi connectivity index (χ0) is 8.85. The molecular weight excluding hydrogens is 150 g/mol. The Morgan fingerprint density at radius 2 is 1.55 bits per heavy atom. The minimum Gasteiger partial charge on any atom is -0.410 e. The SMILES string of the molecule is CNC(=O)C(=NO)C(=O)NC. The second kappa shape index (κ2) is 4.26. The highest BCUT2D eigenvalue weighted by Gasteiger charge is 2.17. The minimum absolute atomic E-state index is 0.560. The lowest BCUT2D eigenvalue weighted by Crippen LogP contribution is -2.39. The van der Waals surface area contributed by atoms with Gasteiger partial charge in [0.05, 0.1) is 0 Å². The van der Waals surface area contributed by atoms with Crippen molar-refractivity contribution in [1.82, 2.24) is 10.6 Å². The van der Waals surface area contributed by atoms with Crippen molar-refractivity contribution in [2.75, 3.05) is 14.1 Å². The predicted octanol–water partition coefficient (Wildman–Crippen LogP) is -1.69. The lowest BCUT2D eigenvalue weighted by Gasteiger charge is -1.99. The summed E-state index contributed by atoms with van der Waals surface area (Å²) in [4.78, 5) is 21.4. The Kier molecular flexibility index (Phi) is 3.65. The molecule has 0 atom stereocenters. The number of nitrogens with one attached hydrogen (secondary N) is 2. The van der Waals surface area contributed by atoms with Crippen molar-refractivity contribution < 1.29 is 14.8 Å². The maximum Gasteiger partial charge on any atom is 0.278 e. The third kappa shape index (κ3) is 2.24. The molecule has 0 rings (SSSR count). The first-order chi connectivity index (χ1) is 5.17. The standard InChI is InChI=1S/C5H9N3O3/c1-6-4(9)3(8-11)5(10)7-2/h11H,1-2H3,(H,6,9)(H,7,10). The molecule has 0 aliphatic rings. The predicted molar refractivity (Wildman–Crippen MR) is 37.4 cm³/mol. The van der Waals surface area contributed by atoms with Crippen LogP contribution in [0.15, 0.2) is 5.16 Å². The Labute approximate surface area is 63.3 Å². The van der Waals surface area contributed by atoms with Gasteiger partial charge in [0.2, 0.25) is 5.71 Å². The summed E-state index contributed by atoms with van der Waals surface area (Å²) in [7, 11) is 2.66. The zero-order valence-corrected chi connectivity index (χ0v) is 6.21. The summed E-state index contributed by atoms with van der Waals surface area (Å²) < 4.78 is 0. The maximum atomic E-state index is 10.7. The van der Waals surface area contributed by atoms with Gasteiger partial charge < -0.3 is 15.8 Å². The summed E-state index contributed by atoms with van der Waals surface area (Å²) in [5, 5.41) is 15.0. The second-order valence-corrected chi connectivity index (χ2v) is 1.61. The van der Waals surface area contributed by atoms with Crippen LogP contribution >= 0.6 is 0 Å². The summed E-state index contributed by atoms with van der Waals surface area (Å²) >= 11 is 0. The van der Waals surface area contributed by atoms with Gasteiger partial charge in [0.15, 0.2) is 0 Å². The highest BCUT2D eigenvalue weighted by molar-refractivity contribution is 6.64. The number of amides is 2. The zero-order valence-electron chi connectivity index (χ0n) is 6.21. The van der Waals surface area contributed by atoms with Gasteiger partial charge in [-0.05, 0) is 0 Å². The number of carbonyl (C=O) groups is 2. The molecule has 0 radical (unpaired) electrons. The van der Waals surface area contributed by atoms with Gasteiger partial charge in [-0.1, -0.05) is 5.16 Å². The molecule has 0 heterocycles. The number of hydrogen-bond donors (Lipinski definition) is 3. The van der Waals surface area contributed by atoms with Crippen LogP contribution in [-0.4, -0.2) is 36.8 Å². The average molecular weight is 159 g/mol. The summed E-state index contributed by atoms with van der Waals surface area (Å²) in [6.07, 6.45) is 0. The molecule has 0 aromatic heterocycles. The van der Waals surface area contributed by atoms with Crippen LogP contribution in [0.3, 0.4) is 0 Å². The Bertz CT molecular complexity index is 181. The van der Waals surface area contributed by atoms with E-state index in [9.17, 15) is 9.59 Å². The van der Waals surface area contributed by atoms with Crippen molar-refractivity contribution >= 4 is 17.5 Å². The molecule has 6 nitrogen and oxygen atoms in total. The van der Waals surface area contributed by atoms with Crippen molar-refractivity contribution in [2.24, 2.45) is 5.16 Å². The molecule has 0 unspecified atom stereocenters. The lowest BCUT2D eigenvalue weighted by molar-refractivity contribution is -0.118. The molecule has 3 N–H and O–H groups in total. The second-order valence-electron chi connectivity index (χ2n) is 1.61. The van der Waals surface area contributed by atoms with E-state index in [-0.39, 0.29) is 0 Å². The Balaban J connectivity index is 4.43. The molecule has 0 aromatic rings. The molecular formula is C5H9N3O3. The molecule has 0 aliphatic heterocycles. The van der Waals surface area contributed by atoms with Gasteiger partial charge in [0.1, 0.15) is 0 Å². The first-order valence-corrected chi connectivity index (χ1v) is 2.83. The number of nitrogens with zero attached hydrogens (tertiary/aromatic N) is 1. The molecule has 0 fully saturated rings. The maximum absolute atomic E-state index is 10.7. The summed E-state index contributed by atoms with van der Waals surface area (Å²) in [6, 6.07) is 0. The molecule has 0 aliphatic carbocycles. The van der Waals surface area contributed by atoms with E-state index in [0.717, 1.165) is 0 Å². The minimum atomic E-state index is -0.730. The fourth-order valence-electron chi connectivity index (χ4n) is 0.431. The molecule has 0 saturated carbocycles. The Morgan fingerprint density at radius 3 is 1.73 bits per heavy atom. The molecule has 2 amide bonds. The van der Waals surface area contributed by atoms with Gasteiger partial charge in [-0.2, -0.15) is 0 Å². The van der Waals surface area contributed by atoms with E-state index >= 15 is 0 Å². The summed E-state index contributed by atoms with van der Waals surface area (Å²) in [5.41, 5.74) is -0.560. The number of carbonyl (C=O) groups excluding carboxylic acids is 2. The van der Waals surface area contributed by atoms with Gasteiger partial charge >= 0.3 is 0 Å². The van der Waals surface area contributed by atoms with E-state index < -0.39 is 17.5 Å². The van der Waals surface area contributed by atoms with Crippen LogP contribution in [0.25, 0.3) is 0 Å². The van der Waals surface area contributed by atoms with E-state index in [1.54, 1.807) is 0 Å². The third-order valence-electron chi connectivity index (χ3n) is 0.984. The lowest BCUT2D eigenvalue weighted by atomic mass is 10.3. The van der Waals surface area contributed by atoms with E-state index in [1.165, 1.54) is 14.1 Å². The van der Waals surface area contributed by atoms with E-state index in [2.05, 4.69) is 15.8 Å². The van der Waals surface area contributed by atoms with E-state index in [1.807, 2.05) is 0 Å². The molecule has 62 valence electrons. The van der Waals surface area contributed by atoms with E-state index in [0.29, 0.717) is 0 Å². The van der Waals surface area contributed by atoms with Gasteiger partial charge in [0.25, 0.3) is 11.8 Å². The van der Waals surface area contributed by atoms with Crippen molar-refractivity contribution in [2.45, 2.75) is 0 Å². The topological polar surface area (TPSA) is 90.8 Å². The molecule has 0 saturated heterocycles. The smallest absolute Gasteiger partial charge is 0.278 e. The summed E-state index contributed by atoms with van der Waals surface area (Å²) in [6.45, 7) is 0. The molecule has 0 spiro atoms.